The first-order chi connectivity index (χ1) is 12.3. The highest BCUT2D eigenvalue weighted by Gasteiger charge is 2.16. The SMILES string of the molecule is O=C(CC1=Cc2ccccc2C1)Nc1nccn1Cc1ccncc1. The van der Waals surface area contributed by atoms with E-state index in [0.717, 1.165) is 17.6 Å². The molecule has 0 radical (unpaired) electrons. The summed E-state index contributed by atoms with van der Waals surface area (Å²) in [5.74, 6) is 0.527. The Kier molecular flexibility index (Phi) is 4.12. The van der Waals surface area contributed by atoms with Gasteiger partial charge in [0.05, 0.1) is 6.54 Å². The van der Waals surface area contributed by atoms with Crippen molar-refractivity contribution in [2.24, 2.45) is 0 Å². The Morgan fingerprint density at radius 2 is 1.96 bits per heavy atom. The van der Waals surface area contributed by atoms with E-state index in [-0.39, 0.29) is 5.91 Å². The number of imidazole rings is 1. The minimum atomic E-state index is -0.0405. The summed E-state index contributed by atoms with van der Waals surface area (Å²) in [6, 6.07) is 12.2. The molecule has 1 N–H and O–H groups in total. The van der Waals surface area contributed by atoms with Gasteiger partial charge in [0.25, 0.3) is 0 Å². The van der Waals surface area contributed by atoms with Gasteiger partial charge >= 0.3 is 0 Å². The maximum Gasteiger partial charge on any atom is 0.230 e. The van der Waals surface area contributed by atoms with E-state index in [1.165, 1.54) is 11.1 Å². The number of anilines is 1. The van der Waals surface area contributed by atoms with Crippen molar-refractivity contribution < 1.29 is 4.79 Å². The summed E-state index contributed by atoms with van der Waals surface area (Å²) in [4.78, 5) is 20.7. The number of nitrogens with one attached hydrogen (secondary N) is 1. The van der Waals surface area contributed by atoms with Crippen LogP contribution >= 0.6 is 0 Å². The predicted octanol–water partition coefficient (Wildman–Crippen LogP) is 3.29. The maximum absolute atomic E-state index is 12.4. The van der Waals surface area contributed by atoms with Gasteiger partial charge in [-0.3, -0.25) is 15.1 Å². The van der Waals surface area contributed by atoms with Crippen LogP contribution < -0.4 is 5.32 Å². The molecule has 1 aromatic carbocycles. The van der Waals surface area contributed by atoms with Crippen LogP contribution in [0.3, 0.4) is 0 Å². The number of pyridine rings is 1. The summed E-state index contributed by atoms with van der Waals surface area (Å²) in [6.45, 7) is 0.645. The molecule has 0 saturated heterocycles. The van der Waals surface area contributed by atoms with E-state index in [1.807, 2.05) is 35.0 Å². The number of carbonyl (C=O) groups excluding carboxylic acids is 1. The lowest BCUT2D eigenvalue weighted by Gasteiger charge is -2.09. The van der Waals surface area contributed by atoms with Crippen LogP contribution in [0.2, 0.25) is 0 Å². The van der Waals surface area contributed by atoms with Crippen molar-refractivity contribution in [1.82, 2.24) is 14.5 Å². The largest absolute Gasteiger partial charge is 0.313 e. The molecule has 3 aromatic rings. The van der Waals surface area contributed by atoms with Crippen LogP contribution in [0.25, 0.3) is 6.08 Å². The zero-order valence-electron chi connectivity index (χ0n) is 13.7. The van der Waals surface area contributed by atoms with Gasteiger partial charge in [0.2, 0.25) is 11.9 Å². The van der Waals surface area contributed by atoms with Gasteiger partial charge in [-0.2, -0.15) is 0 Å². The highest BCUT2D eigenvalue weighted by atomic mass is 16.1. The molecule has 0 saturated carbocycles. The second-order valence-corrected chi connectivity index (χ2v) is 6.14. The zero-order chi connectivity index (χ0) is 17.1. The van der Waals surface area contributed by atoms with Crippen molar-refractivity contribution in [3.05, 3.63) is 83.4 Å². The Hall–Kier alpha value is -3.21. The molecule has 5 nitrogen and oxygen atoms in total. The van der Waals surface area contributed by atoms with Crippen LogP contribution in [-0.2, 0) is 17.8 Å². The summed E-state index contributed by atoms with van der Waals surface area (Å²) in [5, 5.41) is 2.92. The van der Waals surface area contributed by atoms with Gasteiger partial charge in [-0.25, -0.2) is 4.98 Å². The third-order valence-corrected chi connectivity index (χ3v) is 4.29. The molecule has 124 valence electrons. The molecule has 4 rings (SSSR count). The van der Waals surface area contributed by atoms with Crippen LogP contribution in [0.4, 0.5) is 5.95 Å². The summed E-state index contributed by atoms with van der Waals surface area (Å²) >= 11 is 0. The number of rotatable bonds is 5. The quantitative estimate of drug-likeness (QED) is 0.781. The number of aromatic nitrogens is 3. The van der Waals surface area contributed by atoms with E-state index in [4.69, 9.17) is 0 Å². The number of amides is 1. The van der Waals surface area contributed by atoms with Gasteiger partial charge in [-0.1, -0.05) is 35.9 Å². The molecule has 0 aliphatic heterocycles. The van der Waals surface area contributed by atoms with Gasteiger partial charge in [-0.15, -0.1) is 0 Å². The van der Waals surface area contributed by atoms with E-state index in [0.29, 0.717) is 18.9 Å². The Balaban J connectivity index is 1.40. The first-order valence-corrected chi connectivity index (χ1v) is 8.25. The molecular formula is C20H18N4O. The molecular weight excluding hydrogens is 312 g/mol. The summed E-state index contributed by atoms with van der Waals surface area (Å²) in [6.07, 6.45) is 10.4. The highest BCUT2D eigenvalue weighted by molar-refractivity contribution is 5.92. The lowest BCUT2D eigenvalue weighted by atomic mass is 10.1. The van der Waals surface area contributed by atoms with Gasteiger partial charge in [-0.05, 0) is 35.2 Å². The molecule has 2 heterocycles. The Labute approximate surface area is 146 Å². The van der Waals surface area contributed by atoms with Crippen LogP contribution in [0.15, 0.2) is 66.8 Å². The monoisotopic (exact) mass is 330 g/mol. The molecule has 25 heavy (non-hydrogen) atoms. The fourth-order valence-corrected chi connectivity index (χ4v) is 3.09. The maximum atomic E-state index is 12.4. The van der Waals surface area contributed by atoms with Gasteiger partial charge in [0, 0.05) is 31.2 Å². The Bertz CT molecular complexity index is 928. The molecule has 0 atom stereocenters. The molecule has 0 spiro atoms. The van der Waals surface area contributed by atoms with Crippen LogP contribution in [0.1, 0.15) is 23.1 Å². The van der Waals surface area contributed by atoms with Crippen molar-refractivity contribution in [3.8, 4) is 0 Å². The lowest BCUT2D eigenvalue weighted by Crippen LogP contribution is -2.16. The standard InChI is InChI=1S/C20H18N4O/c25-19(13-16-11-17-3-1-2-4-18(17)12-16)23-20-22-9-10-24(20)14-15-5-7-21-8-6-15/h1-11H,12-14H2,(H,22,23,25). The fourth-order valence-electron chi connectivity index (χ4n) is 3.09. The Morgan fingerprint density at radius 3 is 2.80 bits per heavy atom. The smallest absolute Gasteiger partial charge is 0.230 e. The van der Waals surface area contributed by atoms with E-state index >= 15 is 0 Å². The zero-order valence-corrected chi connectivity index (χ0v) is 13.7. The topological polar surface area (TPSA) is 59.8 Å². The molecule has 1 aliphatic rings. The first kappa shape index (κ1) is 15.3. The van der Waals surface area contributed by atoms with Crippen molar-refractivity contribution in [1.29, 1.82) is 0 Å². The number of benzene rings is 1. The number of hydrogen-bond acceptors (Lipinski definition) is 3. The number of nitrogens with zero attached hydrogens (tertiary/aromatic N) is 3. The molecule has 0 fully saturated rings. The predicted molar refractivity (Wildman–Crippen MR) is 96.9 cm³/mol. The second kappa shape index (κ2) is 6.73. The molecule has 0 unspecified atom stereocenters. The molecule has 1 aliphatic carbocycles. The minimum Gasteiger partial charge on any atom is -0.313 e. The highest BCUT2D eigenvalue weighted by Crippen LogP contribution is 2.26. The second-order valence-electron chi connectivity index (χ2n) is 6.14. The van der Waals surface area contributed by atoms with Crippen molar-refractivity contribution in [3.63, 3.8) is 0 Å². The third-order valence-electron chi connectivity index (χ3n) is 4.29. The van der Waals surface area contributed by atoms with Crippen LogP contribution in [0, 0.1) is 0 Å². The lowest BCUT2D eigenvalue weighted by molar-refractivity contribution is -0.115. The number of hydrogen-bond donors (Lipinski definition) is 1. The summed E-state index contributed by atoms with van der Waals surface area (Å²) < 4.78 is 1.92. The van der Waals surface area contributed by atoms with Crippen molar-refractivity contribution in [2.75, 3.05) is 5.32 Å². The van der Waals surface area contributed by atoms with E-state index in [1.54, 1.807) is 18.6 Å². The van der Waals surface area contributed by atoms with Gasteiger partial charge in [0.1, 0.15) is 0 Å². The minimum absolute atomic E-state index is 0.0405. The average Bonchev–Trinajstić information content (AvgIpc) is 3.22. The molecule has 5 heteroatoms. The normalized spacial score (nSPS) is 12.6. The number of carbonyl (C=O) groups is 1. The third kappa shape index (κ3) is 3.50. The Morgan fingerprint density at radius 1 is 1.12 bits per heavy atom. The van der Waals surface area contributed by atoms with Crippen molar-refractivity contribution >= 4 is 17.9 Å². The van der Waals surface area contributed by atoms with E-state index < -0.39 is 0 Å². The average molecular weight is 330 g/mol. The summed E-state index contributed by atoms with van der Waals surface area (Å²) in [7, 11) is 0. The molecule has 0 bridgehead atoms. The number of fused-ring (bicyclic) bond motifs is 1. The fraction of sp³-hybridized carbons (Fsp3) is 0.150. The van der Waals surface area contributed by atoms with E-state index in [9.17, 15) is 4.79 Å². The van der Waals surface area contributed by atoms with E-state index in [2.05, 4.69) is 33.5 Å². The van der Waals surface area contributed by atoms with Crippen LogP contribution in [-0.4, -0.2) is 20.4 Å². The first-order valence-electron chi connectivity index (χ1n) is 8.25. The van der Waals surface area contributed by atoms with Crippen molar-refractivity contribution in [2.45, 2.75) is 19.4 Å². The van der Waals surface area contributed by atoms with Gasteiger partial charge < -0.3 is 4.57 Å². The summed E-state index contributed by atoms with van der Waals surface area (Å²) in [5.41, 5.74) is 4.73. The molecule has 1 amide bonds. The van der Waals surface area contributed by atoms with Crippen LogP contribution in [0.5, 0.6) is 0 Å². The molecule has 2 aromatic heterocycles. The van der Waals surface area contributed by atoms with Gasteiger partial charge in [0.15, 0.2) is 0 Å².